The molecule has 0 radical (unpaired) electrons. The average Bonchev–Trinajstić information content (AvgIpc) is 2.80. The maximum Gasteiger partial charge on any atom is 0.412 e. The van der Waals surface area contributed by atoms with Gasteiger partial charge in [-0.3, -0.25) is 4.90 Å². The molecular formula is C6H4Cl4N2O2. The summed E-state index contributed by atoms with van der Waals surface area (Å²) in [6.07, 6.45) is -0.761. The fraction of sp³-hybridized carbons (Fsp3) is 0.667. The van der Waals surface area contributed by atoms with Crippen LogP contribution in [0.2, 0.25) is 0 Å². The standard InChI is InChI=1S/C6H4Cl4N2O2/c7-4(6(8,9)10)14-5(13)12-2-3(12)1-11/h3-4H,2H2. The second-order valence-electron chi connectivity index (χ2n) is 2.54. The van der Waals surface area contributed by atoms with Crippen LogP contribution in [0.4, 0.5) is 4.79 Å². The first-order valence-corrected chi connectivity index (χ1v) is 5.01. The summed E-state index contributed by atoms with van der Waals surface area (Å²) in [6, 6.07) is 1.41. The zero-order chi connectivity index (χ0) is 10.9. The number of nitrogens with zero attached hydrogens (tertiary/aromatic N) is 2. The number of alkyl halides is 4. The third-order valence-electron chi connectivity index (χ3n) is 1.46. The molecule has 8 heteroatoms. The first-order valence-electron chi connectivity index (χ1n) is 3.44. The highest BCUT2D eigenvalue weighted by atomic mass is 35.6. The number of rotatable bonds is 1. The molecule has 0 saturated carbocycles. The molecule has 0 spiro atoms. The topological polar surface area (TPSA) is 53.1 Å². The van der Waals surface area contributed by atoms with Crippen LogP contribution < -0.4 is 0 Å². The Morgan fingerprint density at radius 2 is 2.21 bits per heavy atom. The van der Waals surface area contributed by atoms with Gasteiger partial charge in [0.15, 0.2) is 0 Å². The minimum absolute atomic E-state index is 0.318. The molecule has 0 aromatic heterocycles. The normalized spacial score (nSPS) is 22.5. The van der Waals surface area contributed by atoms with E-state index in [0.717, 1.165) is 4.90 Å². The van der Waals surface area contributed by atoms with Crippen molar-refractivity contribution < 1.29 is 9.53 Å². The lowest BCUT2D eigenvalue weighted by Crippen LogP contribution is -2.28. The van der Waals surface area contributed by atoms with Crippen molar-refractivity contribution in [1.82, 2.24) is 4.90 Å². The van der Waals surface area contributed by atoms with Crippen molar-refractivity contribution in [3.63, 3.8) is 0 Å². The first-order chi connectivity index (χ1) is 6.36. The molecule has 0 N–H and O–H groups in total. The average molecular weight is 278 g/mol. The summed E-state index contributed by atoms with van der Waals surface area (Å²) in [5.41, 5.74) is -1.38. The van der Waals surface area contributed by atoms with Gasteiger partial charge in [0, 0.05) is 0 Å². The van der Waals surface area contributed by atoms with Crippen LogP contribution in [-0.4, -0.2) is 32.9 Å². The van der Waals surface area contributed by atoms with Gasteiger partial charge in [-0.25, -0.2) is 4.79 Å². The first kappa shape index (κ1) is 12.0. The fourth-order valence-corrected chi connectivity index (χ4v) is 0.884. The molecule has 0 aliphatic carbocycles. The molecule has 0 aromatic carbocycles. The summed E-state index contributed by atoms with van der Waals surface area (Å²) in [5, 5.41) is 8.41. The number of halogens is 4. The number of nitriles is 1. The molecule has 0 bridgehead atoms. The van der Waals surface area contributed by atoms with Crippen LogP contribution in [-0.2, 0) is 4.74 Å². The quantitative estimate of drug-likeness (QED) is 0.546. The molecule has 4 nitrogen and oxygen atoms in total. The summed E-state index contributed by atoms with van der Waals surface area (Å²) in [4.78, 5) is 12.3. The van der Waals surface area contributed by atoms with E-state index in [1.54, 1.807) is 0 Å². The number of ether oxygens (including phenoxy) is 1. The van der Waals surface area contributed by atoms with Crippen LogP contribution in [0, 0.1) is 11.3 Å². The Bertz CT molecular complexity index is 285. The van der Waals surface area contributed by atoms with E-state index in [9.17, 15) is 4.79 Å². The maximum absolute atomic E-state index is 11.1. The molecular weight excluding hydrogens is 274 g/mol. The van der Waals surface area contributed by atoms with Gasteiger partial charge < -0.3 is 4.74 Å². The van der Waals surface area contributed by atoms with Crippen LogP contribution >= 0.6 is 46.4 Å². The van der Waals surface area contributed by atoms with Gasteiger partial charge in [-0.15, -0.1) is 0 Å². The summed E-state index contributed by atoms with van der Waals surface area (Å²) in [6.45, 7) is 0.318. The van der Waals surface area contributed by atoms with E-state index in [-0.39, 0.29) is 0 Å². The fourth-order valence-electron chi connectivity index (χ4n) is 0.674. The van der Waals surface area contributed by atoms with E-state index < -0.39 is 21.5 Å². The number of hydrogen-bond acceptors (Lipinski definition) is 3. The Kier molecular flexibility index (Phi) is 3.59. The minimum atomic E-state index is -1.88. The lowest BCUT2D eigenvalue weighted by atomic mass is 10.5. The zero-order valence-corrected chi connectivity index (χ0v) is 9.61. The van der Waals surface area contributed by atoms with E-state index in [0.29, 0.717) is 6.54 Å². The van der Waals surface area contributed by atoms with Crippen LogP contribution in [0.3, 0.4) is 0 Å². The number of amides is 1. The van der Waals surface area contributed by atoms with Gasteiger partial charge in [0.2, 0.25) is 9.36 Å². The zero-order valence-electron chi connectivity index (χ0n) is 6.58. The Hall–Kier alpha value is -0.0800. The van der Waals surface area contributed by atoms with Crippen molar-refractivity contribution >= 4 is 52.5 Å². The highest BCUT2D eigenvalue weighted by Crippen LogP contribution is 2.35. The Labute approximate surface area is 100 Å². The largest absolute Gasteiger partial charge is 0.425 e. The molecule has 0 aromatic rings. The molecule has 1 heterocycles. The van der Waals surface area contributed by atoms with Gasteiger partial charge in [-0.2, -0.15) is 5.26 Å². The highest BCUT2D eigenvalue weighted by molar-refractivity contribution is 6.70. The van der Waals surface area contributed by atoms with Gasteiger partial charge in [0.05, 0.1) is 12.6 Å². The Morgan fingerprint density at radius 1 is 1.64 bits per heavy atom. The molecule has 1 aliphatic heterocycles. The summed E-state index contributed by atoms with van der Waals surface area (Å²) in [7, 11) is 0. The summed E-state index contributed by atoms with van der Waals surface area (Å²) >= 11 is 21.5. The molecule has 1 rings (SSSR count). The van der Waals surface area contributed by atoms with Crippen molar-refractivity contribution in [2.75, 3.05) is 6.54 Å². The van der Waals surface area contributed by atoms with Gasteiger partial charge in [0.25, 0.3) is 0 Å². The predicted molar refractivity (Wildman–Crippen MR) is 52.5 cm³/mol. The van der Waals surface area contributed by atoms with Gasteiger partial charge in [-0.1, -0.05) is 46.4 Å². The molecule has 1 saturated heterocycles. The summed E-state index contributed by atoms with van der Waals surface area (Å²) in [5.74, 6) is 0. The van der Waals surface area contributed by atoms with Crippen LogP contribution in [0.1, 0.15) is 0 Å². The van der Waals surface area contributed by atoms with Gasteiger partial charge in [-0.05, 0) is 0 Å². The molecule has 1 amide bonds. The number of carbonyl (C=O) groups is 1. The second kappa shape index (κ2) is 4.19. The van der Waals surface area contributed by atoms with Crippen LogP contribution in [0.5, 0.6) is 0 Å². The number of carbonyl (C=O) groups excluding carboxylic acids is 1. The predicted octanol–water partition coefficient (Wildman–Crippen LogP) is 2.27. The molecule has 14 heavy (non-hydrogen) atoms. The van der Waals surface area contributed by atoms with E-state index in [1.165, 1.54) is 0 Å². The van der Waals surface area contributed by atoms with Gasteiger partial charge >= 0.3 is 6.09 Å². The molecule has 2 unspecified atom stereocenters. The molecule has 78 valence electrons. The lowest BCUT2D eigenvalue weighted by molar-refractivity contribution is 0.118. The SMILES string of the molecule is N#CC1CN1C(=O)OC(Cl)C(Cl)(Cl)Cl. The summed E-state index contributed by atoms with van der Waals surface area (Å²) < 4.78 is 2.70. The van der Waals surface area contributed by atoms with Crippen molar-refractivity contribution in [3.8, 4) is 6.07 Å². The molecule has 2 atom stereocenters. The van der Waals surface area contributed by atoms with E-state index in [2.05, 4.69) is 4.74 Å². The van der Waals surface area contributed by atoms with E-state index in [4.69, 9.17) is 51.7 Å². The van der Waals surface area contributed by atoms with Crippen LogP contribution in [0.25, 0.3) is 0 Å². The monoisotopic (exact) mass is 276 g/mol. The molecule has 1 aliphatic rings. The third kappa shape index (κ3) is 2.96. The minimum Gasteiger partial charge on any atom is -0.425 e. The van der Waals surface area contributed by atoms with Crippen molar-refractivity contribution in [3.05, 3.63) is 0 Å². The third-order valence-corrected chi connectivity index (χ3v) is 2.80. The van der Waals surface area contributed by atoms with Crippen molar-refractivity contribution in [2.24, 2.45) is 0 Å². The van der Waals surface area contributed by atoms with Gasteiger partial charge in [0.1, 0.15) is 6.04 Å². The second-order valence-corrected chi connectivity index (χ2v) is 5.30. The maximum atomic E-state index is 11.1. The van der Waals surface area contributed by atoms with Crippen molar-refractivity contribution in [2.45, 2.75) is 15.4 Å². The van der Waals surface area contributed by atoms with E-state index in [1.807, 2.05) is 6.07 Å². The Balaban J connectivity index is 2.40. The lowest BCUT2D eigenvalue weighted by Gasteiger charge is -2.18. The van der Waals surface area contributed by atoms with Crippen LogP contribution in [0.15, 0.2) is 0 Å². The van der Waals surface area contributed by atoms with E-state index >= 15 is 0 Å². The highest BCUT2D eigenvalue weighted by Gasteiger charge is 2.43. The smallest absolute Gasteiger partial charge is 0.412 e. The van der Waals surface area contributed by atoms with Crippen molar-refractivity contribution in [1.29, 1.82) is 5.26 Å². The Morgan fingerprint density at radius 3 is 2.57 bits per heavy atom. The molecule has 1 fully saturated rings. The number of hydrogen-bond donors (Lipinski definition) is 0.